The summed E-state index contributed by atoms with van der Waals surface area (Å²) in [5.74, 6) is 1.40. The van der Waals surface area contributed by atoms with Gasteiger partial charge >= 0.3 is 0 Å². The Bertz CT molecular complexity index is 1040. The van der Waals surface area contributed by atoms with E-state index >= 15 is 0 Å². The number of halogens is 1. The lowest BCUT2D eigenvalue weighted by atomic mass is 9.92. The summed E-state index contributed by atoms with van der Waals surface area (Å²) in [6.07, 6.45) is 0. The topological polar surface area (TPSA) is 81.2 Å². The summed E-state index contributed by atoms with van der Waals surface area (Å²) in [6, 6.07) is 15.0. The zero-order valence-electron chi connectivity index (χ0n) is 15.2. The number of nitrogens with two attached hydrogens (primary N) is 1. The molecule has 0 aliphatic rings. The fraction of sp³-hybridized carbons (Fsp3) is 0.143. The molecule has 0 bridgehead atoms. The fourth-order valence-corrected chi connectivity index (χ4v) is 3.23. The number of nitriles is 1. The summed E-state index contributed by atoms with van der Waals surface area (Å²) >= 11 is 6.14. The maximum atomic E-state index is 9.69. The molecule has 2 N–H and O–H groups in total. The number of pyridine rings is 1. The highest BCUT2D eigenvalue weighted by molar-refractivity contribution is 6.30. The summed E-state index contributed by atoms with van der Waals surface area (Å²) in [5.41, 5.74) is 10.2. The summed E-state index contributed by atoms with van der Waals surface area (Å²) < 4.78 is 10.7. The van der Waals surface area contributed by atoms with Crippen molar-refractivity contribution in [3.05, 3.63) is 58.6 Å². The van der Waals surface area contributed by atoms with Crippen molar-refractivity contribution in [1.29, 1.82) is 5.26 Å². The molecule has 3 aromatic rings. The predicted molar refractivity (Wildman–Crippen MR) is 107 cm³/mol. The minimum Gasteiger partial charge on any atom is -0.497 e. The van der Waals surface area contributed by atoms with Gasteiger partial charge in [-0.3, -0.25) is 0 Å². The Morgan fingerprint density at radius 1 is 1.04 bits per heavy atom. The molecule has 5 nitrogen and oxygen atoms in total. The third-order valence-corrected chi connectivity index (χ3v) is 4.55. The monoisotopic (exact) mass is 379 g/mol. The van der Waals surface area contributed by atoms with Crippen LogP contribution in [0.1, 0.15) is 11.1 Å². The van der Waals surface area contributed by atoms with Crippen LogP contribution in [0.3, 0.4) is 0 Å². The van der Waals surface area contributed by atoms with Crippen molar-refractivity contribution in [2.75, 3.05) is 20.0 Å². The highest BCUT2D eigenvalue weighted by atomic mass is 35.5. The molecule has 0 saturated heterocycles. The van der Waals surface area contributed by atoms with E-state index in [0.717, 1.165) is 16.7 Å². The number of anilines is 1. The summed E-state index contributed by atoms with van der Waals surface area (Å²) in [5, 5.41) is 10.3. The molecule has 0 amide bonds. The molecule has 1 heterocycles. The van der Waals surface area contributed by atoms with Gasteiger partial charge < -0.3 is 15.2 Å². The lowest BCUT2D eigenvalue weighted by molar-refractivity contribution is 0.394. The summed E-state index contributed by atoms with van der Waals surface area (Å²) in [7, 11) is 3.16. The normalized spacial score (nSPS) is 10.3. The van der Waals surface area contributed by atoms with Gasteiger partial charge in [-0.1, -0.05) is 23.7 Å². The van der Waals surface area contributed by atoms with E-state index in [0.29, 0.717) is 33.3 Å². The van der Waals surface area contributed by atoms with Crippen molar-refractivity contribution >= 4 is 17.4 Å². The quantitative estimate of drug-likeness (QED) is 0.700. The van der Waals surface area contributed by atoms with E-state index in [-0.39, 0.29) is 5.82 Å². The molecule has 0 atom stereocenters. The van der Waals surface area contributed by atoms with Gasteiger partial charge in [-0.2, -0.15) is 5.26 Å². The van der Waals surface area contributed by atoms with Gasteiger partial charge in [0, 0.05) is 22.2 Å². The first kappa shape index (κ1) is 18.6. The number of methoxy groups -OCH3 is 2. The van der Waals surface area contributed by atoms with Gasteiger partial charge in [-0.25, -0.2) is 4.98 Å². The Balaban J connectivity index is 2.34. The Hall–Kier alpha value is -3.23. The SMILES string of the molecule is COc1cc(OC)cc(-c2c(C)c(-c3cccc(Cl)c3)nc(N)c2C#N)c1. The number of ether oxygens (including phenoxy) is 2. The smallest absolute Gasteiger partial charge is 0.142 e. The van der Waals surface area contributed by atoms with Crippen LogP contribution in [0.5, 0.6) is 11.5 Å². The maximum absolute atomic E-state index is 9.69. The van der Waals surface area contributed by atoms with Crippen LogP contribution in [-0.4, -0.2) is 19.2 Å². The summed E-state index contributed by atoms with van der Waals surface area (Å²) in [4.78, 5) is 4.46. The van der Waals surface area contributed by atoms with Crippen molar-refractivity contribution in [2.45, 2.75) is 6.92 Å². The Kier molecular flexibility index (Phi) is 5.20. The second-order valence-electron chi connectivity index (χ2n) is 5.94. The zero-order valence-corrected chi connectivity index (χ0v) is 16.0. The highest BCUT2D eigenvalue weighted by Crippen LogP contribution is 2.39. The predicted octanol–water partition coefficient (Wildman–Crippen LogP) is 4.85. The van der Waals surface area contributed by atoms with Crippen molar-refractivity contribution < 1.29 is 9.47 Å². The number of nitrogen functional groups attached to an aromatic ring is 1. The molecule has 0 spiro atoms. The van der Waals surface area contributed by atoms with E-state index in [1.165, 1.54) is 0 Å². The lowest BCUT2D eigenvalue weighted by Crippen LogP contribution is -2.03. The minimum absolute atomic E-state index is 0.162. The first-order chi connectivity index (χ1) is 13.0. The van der Waals surface area contributed by atoms with Gasteiger partial charge in [0.05, 0.1) is 19.9 Å². The van der Waals surface area contributed by atoms with Crippen molar-refractivity contribution in [3.8, 4) is 40.0 Å². The Morgan fingerprint density at radius 2 is 1.70 bits per heavy atom. The molecule has 6 heteroatoms. The molecule has 27 heavy (non-hydrogen) atoms. The zero-order chi connectivity index (χ0) is 19.6. The molecule has 0 saturated carbocycles. The van der Waals surface area contributed by atoms with E-state index in [4.69, 9.17) is 26.8 Å². The van der Waals surface area contributed by atoms with Gasteiger partial charge in [-0.15, -0.1) is 0 Å². The average Bonchev–Trinajstić information content (AvgIpc) is 2.68. The number of rotatable bonds is 4. The Labute approximate surface area is 162 Å². The van der Waals surface area contributed by atoms with Crippen LogP contribution in [0.15, 0.2) is 42.5 Å². The third-order valence-electron chi connectivity index (χ3n) is 4.32. The van der Waals surface area contributed by atoms with E-state index < -0.39 is 0 Å². The standard InChI is InChI=1S/C21H18ClN3O2/c1-12-19(14-8-16(26-2)10-17(9-14)27-3)18(11-23)21(24)25-20(12)13-5-4-6-15(22)7-13/h4-10H,1-3H3,(H2,24,25). The number of hydrogen-bond donors (Lipinski definition) is 1. The van der Waals surface area contributed by atoms with Crippen LogP contribution >= 0.6 is 11.6 Å². The van der Waals surface area contributed by atoms with Gasteiger partial charge in [0.2, 0.25) is 0 Å². The first-order valence-electron chi connectivity index (χ1n) is 8.18. The van der Waals surface area contributed by atoms with Gasteiger partial charge in [-0.05, 0) is 42.3 Å². The molecule has 1 aromatic heterocycles. The number of hydrogen-bond acceptors (Lipinski definition) is 5. The highest BCUT2D eigenvalue weighted by Gasteiger charge is 2.19. The van der Waals surface area contributed by atoms with Crippen LogP contribution in [0.4, 0.5) is 5.82 Å². The van der Waals surface area contributed by atoms with Gasteiger partial charge in [0.15, 0.2) is 0 Å². The molecular formula is C21H18ClN3O2. The fourth-order valence-electron chi connectivity index (χ4n) is 3.04. The third kappa shape index (κ3) is 3.53. The average molecular weight is 380 g/mol. The second-order valence-corrected chi connectivity index (χ2v) is 6.38. The first-order valence-corrected chi connectivity index (χ1v) is 8.55. The van der Waals surface area contributed by atoms with E-state index in [2.05, 4.69) is 11.1 Å². The van der Waals surface area contributed by atoms with Crippen LogP contribution in [0, 0.1) is 18.3 Å². The van der Waals surface area contributed by atoms with Crippen LogP contribution < -0.4 is 15.2 Å². The van der Waals surface area contributed by atoms with E-state index in [1.54, 1.807) is 26.4 Å². The lowest BCUT2D eigenvalue weighted by Gasteiger charge is -2.16. The van der Waals surface area contributed by atoms with E-state index in [1.807, 2.05) is 37.3 Å². The van der Waals surface area contributed by atoms with Crippen molar-refractivity contribution in [2.24, 2.45) is 0 Å². The maximum Gasteiger partial charge on any atom is 0.142 e. The molecular weight excluding hydrogens is 362 g/mol. The molecule has 0 unspecified atom stereocenters. The number of aromatic nitrogens is 1. The molecule has 0 radical (unpaired) electrons. The molecule has 3 rings (SSSR count). The van der Waals surface area contributed by atoms with Crippen LogP contribution in [0.25, 0.3) is 22.4 Å². The molecule has 136 valence electrons. The van der Waals surface area contributed by atoms with Gasteiger partial charge in [0.1, 0.15) is 28.9 Å². The minimum atomic E-state index is 0.162. The van der Waals surface area contributed by atoms with E-state index in [9.17, 15) is 5.26 Å². The molecule has 2 aromatic carbocycles. The van der Waals surface area contributed by atoms with Crippen molar-refractivity contribution in [1.82, 2.24) is 4.98 Å². The van der Waals surface area contributed by atoms with Gasteiger partial charge in [0.25, 0.3) is 0 Å². The number of nitrogens with zero attached hydrogens (tertiary/aromatic N) is 2. The Morgan fingerprint density at radius 3 is 2.26 bits per heavy atom. The second kappa shape index (κ2) is 7.56. The molecule has 0 aliphatic heterocycles. The molecule has 0 aliphatic carbocycles. The number of benzene rings is 2. The molecule has 0 fully saturated rings. The van der Waals surface area contributed by atoms with Crippen LogP contribution in [-0.2, 0) is 0 Å². The summed E-state index contributed by atoms with van der Waals surface area (Å²) in [6.45, 7) is 1.91. The largest absolute Gasteiger partial charge is 0.497 e. The van der Waals surface area contributed by atoms with Crippen molar-refractivity contribution in [3.63, 3.8) is 0 Å². The van der Waals surface area contributed by atoms with Crippen LogP contribution in [0.2, 0.25) is 5.02 Å².